The molecular weight excluding hydrogens is 280 g/mol. The normalized spacial score (nSPS) is 15.4. The minimum atomic E-state index is 0.0104. The lowest BCUT2D eigenvalue weighted by molar-refractivity contribution is -0.115. The van der Waals surface area contributed by atoms with Gasteiger partial charge in [0.15, 0.2) is 0 Å². The lowest BCUT2D eigenvalue weighted by Gasteiger charge is -2.25. The molecule has 0 spiro atoms. The number of para-hydroxylation sites is 1. The summed E-state index contributed by atoms with van der Waals surface area (Å²) >= 11 is 3.40. The molecule has 3 nitrogen and oxygen atoms in total. The first-order valence-electron chi connectivity index (χ1n) is 6.01. The summed E-state index contributed by atoms with van der Waals surface area (Å²) in [6.45, 7) is 1.35. The van der Waals surface area contributed by atoms with Gasteiger partial charge in [0.1, 0.15) is 0 Å². The van der Waals surface area contributed by atoms with Crippen LogP contribution in [0.25, 0.3) is 0 Å². The Morgan fingerprint density at radius 2 is 2.12 bits per heavy atom. The van der Waals surface area contributed by atoms with Crippen molar-refractivity contribution >= 4 is 27.5 Å². The van der Waals surface area contributed by atoms with Crippen LogP contribution in [-0.2, 0) is 4.79 Å². The van der Waals surface area contributed by atoms with E-state index in [4.69, 9.17) is 0 Å². The molecule has 2 rings (SSSR count). The molecule has 0 bridgehead atoms. The molecule has 0 unspecified atom stereocenters. The van der Waals surface area contributed by atoms with Crippen molar-refractivity contribution in [1.82, 2.24) is 5.32 Å². The maximum absolute atomic E-state index is 11.7. The topological polar surface area (TPSA) is 41.1 Å². The van der Waals surface area contributed by atoms with E-state index in [0.717, 1.165) is 22.6 Å². The molecule has 1 fully saturated rings. The van der Waals surface area contributed by atoms with E-state index in [2.05, 4.69) is 26.6 Å². The molecule has 0 aromatic heterocycles. The Bertz CT molecular complexity index is 391. The number of rotatable bonds is 5. The third-order valence-electron chi connectivity index (χ3n) is 3.09. The quantitative estimate of drug-likeness (QED) is 0.877. The molecule has 4 heteroatoms. The van der Waals surface area contributed by atoms with Gasteiger partial charge in [0, 0.05) is 4.47 Å². The van der Waals surface area contributed by atoms with E-state index in [1.165, 1.54) is 19.3 Å². The van der Waals surface area contributed by atoms with Crippen molar-refractivity contribution in [3.63, 3.8) is 0 Å². The molecule has 2 N–H and O–H groups in total. The maximum atomic E-state index is 11.7. The number of hydrogen-bond acceptors (Lipinski definition) is 2. The number of amides is 1. The van der Waals surface area contributed by atoms with Crippen LogP contribution in [0, 0.1) is 5.92 Å². The van der Waals surface area contributed by atoms with E-state index in [0.29, 0.717) is 6.54 Å². The van der Waals surface area contributed by atoms with Gasteiger partial charge in [0.2, 0.25) is 5.91 Å². The summed E-state index contributed by atoms with van der Waals surface area (Å²) in [6.07, 6.45) is 3.95. The number of nitrogens with one attached hydrogen (secondary N) is 2. The average molecular weight is 297 g/mol. The Morgan fingerprint density at radius 1 is 1.35 bits per heavy atom. The molecule has 1 saturated carbocycles. The molecule has 1 aliphatic rings. The summed E-state index contributed by atoms with van der Waals surface area (Å²) in [5.41, 5.74) is 0.822. The summed E-state index contributed by atoms with van der Waals surface area (Å²) in [4.78, 5) is 11.7. The average Bonchev–Trinajstić information content (AvgIpc) is 2.25. The van der Waals surface area contributed by atoms with Crippen molar-refractivity contribution in [3.8, 4) is 0 Å². The predicted molar refractivity (Wildman–Crippen MR) is 73.0 cm³/mol. The fourth-order valence-electron chi connectivity index (χ4n) is 1.84. The Morgan fingerprint density at radius 3 is 2.76 bits per heavy atom. The first-order valence-corrected chi connectivity index (χ1v) is 6.80. The van der Waals surface area contributed by atoms with Crippen LogP contribution in [0.3, 0.4) is 0 Å². The van der Waals surface area contributed by atoms with E-state index < -0.39 is 0 Å². The van der Waals surface area contributed by atoms with Gasteiger partial charge in [-0.15, -0.1) is 0 Å². The maximum Gasteiger partial charge on any atom is 0.238 e. The first-order chi connectivity index (χ1) is 8.25. The van der Waals surface area contributed by atoms with Gasteiger partial charge >= 0.3 is 0 Å². The third-order valence-corrected chi connectivity index (χ3v) is 3.78. The summed E-state index contributed by atoms with van der Waals surface area (Å²) in [5, 5.41) is 6.07. The second-order valence-electron chi connectivity index (χ2n) is 4.46. The highest BCUT2D eigenvalue weighted by Crippen LogP contribution is 2.25. The molecule has 0 saturated heterocycles. The van der Waals surface area contributed by atoms with Gasteiger partial charge < -0.3 is 10.6 Å². The number of carbonyl (C=O) groups is 1. The Hall–Kier alpha value is -0.870. The van der Waals surface area contributed by atoms with Crippen LogP contribution >= 0.6 is 15.9 Å². The second-order valence-corrected chi connectivity index (χ2v) is 5.31. The van der Waals surface area contributed by atoms with Gasteiger partial charge in [-0.1, -0.05) is 18.6 Å². The monoisotopic (exact) mass is 296 g/mol. The zero-order valence-corrected chi connectivity index (χ0v) is 11.3. The molecule has 1 amide bonds. The summed E-state index contributed by atoms with van der Waals surface area (Å²) in [7, 11) is 0. The smallest absolute Gasteiger partial charge is 0.238 e. The van der Waals surface area contributed by atoms with Gasteiger partial charge in [0.25, 0.3) is 0 Å². The highest BCUT2D eigenvalue weighted by atomic mass is 79.9. The lowest BCUT2D eigenvalue weighted by Crippen LogP contribution is -2.33. The first kappa shape index (κ1) is 12.6. The largest absolute Gasteiger partial charge is 0.324 e. The zero-order valence-electron chi connectivity index (χ0n) is 9.71. The predicted octanol–water partition coefficient (Wildman–Crippen LogP) is 2.78. The van der Waals surface area contributed by atoms with E-state index in [-0.39, 0.29) is 5.91 Å². The van der Waals surface area contributed by atoms with Crippen molar-refractivity contribution in [2.75, 3.05) is 18.4 Å². The minimum absolute atomic E-state index is 0.0104. The fourth-order valence-corrected chi connectivity index (χ4v) is 2.23. The van der Waals surface area contributed by atoms with Crippen molar-refractivity contribution in [2.24, 2.45) is 5.92 Å². The molecule has 1 aromatic rings. The highest BCUT2D eigenvalue weighted by Gasteiger charge is 2.16. The number of carbonyl (C=O) groups excluding carboxylic acids is 1. The molecule has 1 aromatic carbocycles. The number of halogens is 1. The van der Waals surface area contributed by atoms with Crippen LogP contribution in [0.2, 0.25) is 0 Å². The third kappa shape index (κ3) is 3.82. The zero-order chi connectivity index (χ0) is 12.1. The summed E-state index contributed by atoms with van der Waals surface area (Å²) in [5.74, 6) is 0.794. The molecule has 92 valence electrons. The van der Waals surface area contributed by atoms with Crippen LogP contribution in [0.5, 0.6) is 0 Å². The molecule has 0 aliphatic heterocycles. The molecule has 0 atom stereocenters. The molecular formula is C13H17BrN2O. The van der Waals surface area contributed by atoms with Gasteiger partial charge in [-0.2, -0.15) is 0 Å². The number of hydrogen-bond donors (Lipinski definition) is 2. The van der Waals surface area contributed by atoms with Crippen LogP contribution < -0.4 is 10.6 Å². The van der Waals surface area contributed by atoms with Gasteiger partial charge in [-0.3, -0.25) is 4.79 Å². The van der Waals surface area contributed by atoms with Gasteiger partial charge in [-0.25, -0.2) is 0 Å². The van der Waals surface area contributed by atoms with Crippen molar-refractivity contribution in [2.45, 2.75) is 19.3 Å². The van der Waals surface area contributed by atoms with E-state index in [9.17, 15) is 4.79 Å². The molecule has 17 heavy (non-hydrogen) atoms. The van der Waals surface area contributed by atoms with Gasteiger partial charge in [-0.05, 0) is 53.4 Å². The van der Waals surface area contributed by atoms with E-state index in [1.807, 2.05) is 24.3 Å². The van der Waals surface area contributed by atoms with E-state index >= 15 is 0 Å². The Labute approximate surface area is 110 Å². The van der Waals surface area contributed by atoms with Crippen LogP contribution in [0.1, 0.15) is 19.3 Å². The number of anilines is 1. The van der Waals surface area contributed by atoms with Crippen LogP contribution in [0.15, 0.2) is 28.7 Å². The summed E-state index contributed by atoms with van der Waals surface area (Å²) < 4.78 is 0.910. The second kappa shape index (κ2) is 6.17. The molecule has 0 heterocycles. The Balaban J connectivity index is 1.71. The standard InChI is InChI=1S/C13H17BrN2O/c14-11-6-1-2-7-12(11)16-13(17)9-15-8-10-4-3-5-10/h1-2,6-7,10,15H,3-5,8-9H2,(H,16,17). The van der Waals surface area contributed by atoms with Crippen LogP contribution in [-0.4, -0.2) is 19.0 Å². The van der Waals surface area contributed by atoms with Crippen molar-refractivity contribution in [1.29, 1.82) is 0 Å². The SMILES string of the molecule is O=C(CNCC1CCC1)Nc1ccccc1Br. The van der Waals surface area contributed by atoms with Crippen molar-refractivity contribution < 1.29 is 4.79 Å². The lowest BCUT2D eigenvalue weighted by atomic mass is 9.85. The highest BCUT2D eigenvalue weighted by molar-refractivity contribution is 9.10. The molecule has 1 aliphatic carbocycles. The Kier molecular flexibility index (Phi) is 4.57. The van der Waals surface area contributed by atoms with Crippen LogP contribution in [0.4, 0.5) is 5.69 Å². The number of benzene rings is 1. The minimum Gasteiger partial charge on any atom is -0.324 e. The summed E-state index contributed by atoms with van der Waals surface area (Å²) in [6, 6.07) is 7.63. The fraction of sp³-hybridized carbons (Fsp3) is 0.462. The van der Waals surface area contributed by atoms with E-state index in [1.54, 1.807) is 0 Å². The molecule has 0 radical (unpaired) electrons. The van der Waals surface area contributed by atoms with Crippen molar-refractivity contribution in [3.05, 3.63) is 28.7 Å². The van der Waals surface area contributed by atoms with Gasteiger partial charge in [0.05, 0.1) is 12.2 Å².